The van der Waals surface area contributed by atoms with Crippen LogP contribution in [-0.4, -0.2) is 23.8 Å². The quantitative estimate of drug-likeness (QED) is 0.470. The lowest BCUT2D eigenvalue weighted by Gasteiger charge is -2.40. The van der Waals surface area contributed by atoms with Gasteiger partial charge >= 0.3 is 5.97 Å². The van der Waals surface area contributed by atoms with Crippen molar-refractivity contribution < 1.29 is 18.3 Å². The number of benzene rings is 2. The Bertz CT molecular complexity index is 1230. The molecule has 1 N–H and O–H groups in total. The summed E-state index contributed by atoms with van der Waals surface area (Å²) in [4.78, 5) is 13.2. The third kappa shape index (κ3) is 4.25. The van der Waals surface area contributed by atoms with Gasteiger partial charge in [-0.15, -0.1) is 11.3 Å². The number of carboxylic acids is 1. The minimum atomic E-state index is -4.01. The highest BCUT2D eigenvalue weighted by molar-refractivity contribution is 9.10. The first-order valence-electron chi connectivity index (χ1n) is 9.61. The number of aryl methyl sites for hydroxylation is 1. The van der Waals surface area contributed by atoms with Crippen LogP contribution in [0, 0.1) is 6.92 Å². The molecule has 31 heavy (non-hydrogen) atoms. The number of halogens is 1. The SMILES string of the molecule is Cc1ccc(S(=O)(=O)N2[C@@H](c3cccc(Br)c3)C(C(=O)O)=CC[C@H]2c2cccs2)cc1. The van der Waals surface area contributed by atoms with Crippen LogP contribution in [-0.2, 0) is 14.8 Å². The van der Waals surface area contributed by atoms with Gasteiger partial charge in [0.05, 0.1) is 22.6 Å². The van der Waals surface area contributed by atoms with E-state index in [2.05, 4.69) is 15.9 Å². The second-order valence-corrected chi connectivity index (χ2v) is 11.1. The van der Waals surface area contributed by atoms with Gasteiger partial charge in [-0.05, 0) is 54.6 Å². The molecular formula is C23H20BrNO4S2. The molecule has 0 amide bonds. The van der Waals surface area contributed by atoms with Crippen LogP contribution in [0.3, 0.4) is 0 Å². The summed E-state index contributed by atoms with van der Waals surface area (Å²) in [7, 11) is -4.01. The van der Waals surface area contributed by atoms with E-state index in [1.165, 1.54) is 15.6 Å². The summed E-state index contributed by atoms with van der Waals surface area (Å²) in [6, 6.07) is 16.1. The zero-order valence-corrected chi connectivity index (χ0v) is 19.8. The molecule has 0 spiro atoms. The number of nitrogens with zero attached hydrogens (tertiary/aromatic N) is 1. The predicted molar refractivity (Wildman–Crippen MR) is 124 cm³/mol. The number of carboxylic acid groups (broad SMARTS) is 1. The highest BCUT2D eigenvalue weighted by Crippen LogP contribution is 2.46. The Labute approximate surface area is 193 Å². The number of hydrogen-bond donors (Lipinski definition) is 1. The molecule has 0 bridgehead atoms. The van der Waals surface area contributed by atoms with E-state index in [1.807, 2.05) is 30.5 Å². The Balaban J connectivity index is 1.96. The van der Waals surface area contributed by atoms with Crippen molar-refractivity contribution in [3.63, 3.8) is 0 Å². The topological polar surface area (TPSA) is 74.7 Å². The number of thiophene rings is 1. The molecule has 8 heteroatoms. The molecular weight excluding hydrogens is 498 g/mol. The largest absolute Gasteiger partial charge is 0.478 e. The molecule has 3 aromatic rings. The molecule has 1 aliphatic heterocycles. The van der Waals surface area contributed by atoms with E-state index >= 15 is 0 Å². The van der Waals surface area contributed by atoms with Gasteiger partial charge in [0, 0.05) is 9.35 Å². The highest BCUT2D eigenvalue weighted by atomic mass is 79.9. The van der Waals surface area contributed by atoms with Crippen molar-refractivity contribution in [3.05, 3.63) is 98.2 Å². The molecule has 1 aromatic heterocycles. The summed E-state index contributed by atoms with van der Waals surface area (Å²) in [6.07, 6.45) is 1.94. The van der Waals surface area contributed by atoms with Gasteiger partial charge in [0.25, 0.3) is 0 Å². The average molecular weight is 518 g/mol. The van der Waals surface area contributed by atoms with Crippen LogP contribution in [0.5, 0.6) is 0 Å². The van der Waals surface area contributed by atoms with E-state index in [-0.39, 0.29) is 16.9 Å². The lowest BCUT2D eigenvalue weighted by molar-refractivity contribution is -0.133. The molecule has 0 saturated heterocycles. The summed E-state index contributed by atoms with van der Waals surface area (Å²) in [5.74, 6) is -1.13. The number of aliphatic carboxylic acids is 1. The smallest absolute Gasteiger partial charge is 0.333 e. The van der Waals surface area contributed by atoms with Gasteiger partial charge in [-0.1, -0.05) is 57.9 Å². The molecule has 0 aliphatic carbocycles. The van der Waals surface area contributed by atoms with Crippen LogP contribution in [0.2, 0.25) is 0 Å². The van der Waals surface area contributed by atoms with Gasteiger partial charge in [-0.3, -0.25) is 0 Å². The normalized spacial score (nSPS) is 19.7. The Morgan fingerprint density at radius 3 is 2.48 bits per heavy atom. The Hall–Kier alpha value is -2.26. The van der Waals surface area contributed by atoms with Crippen molar-refractivity contribution in [1.82, 2.24) is 4.31 Å². The molecule has 2 aromatic carbocycles. The third-order valence-corrected chi connectivity index (χ3v) is 8.65. The van der Waals surface area contributed by atoms with Crippen LogP contribution in [0.4, 0.5) is 0 Å². The molecule has 0 radical (unpaired) electrons. The first-order valence-corrected chi connectivity index (χ1v) is 12.7. The first-order chi connectivity index (χ1) is 14.8. The molecule has 0 unspecified atom stereocenters. The molecule has 1 aliphatic rings. The fourth-order valence-corrected chi connectivity index (χ4v) is 6.93. The third-order valence-electron chi connectivity index (χ3n) is 5.30. The maximum atomic E-state index is 13.9. The van der Waals surface area contributed by atoms with Crippen molar-refractivity contribution in [3.8, 4) is 0 Å². The van der Waals surface area contributed by atoms with Crippen LogP contribution < -0.4 is 0 Å². The molecule has 5 nitrogen and oxygen atoms in total. The van der Waals surface area contributed by atoms with Gasteiger partial charge in [-0.2, -0.15) is 4.31 Å². The van der Waals surface area contributed by atoms with Gasteiger partial charge in [0.15, 0.2) is 0 Å². The van der Waals surface area contributed by atoms with Crippen LogP contribution >= 0.6 is 27.3 Å². The van der Waals surface area contributed by atoms with E-state index in [1.54, 1.807) is 48.5 Å². The summed E-state index contributed by atoms with van der Waals surface area (Å²) in [5.41, 5.74) is 1.60. The molecule has 0 saturated carbocycles. The van der Waals surface area contributed by atoms with Crippen molar-refractivity contribution in [2.24, 2.45) is 0 Å². The average Bonchev–Trinajstić information content (AvgIpc) is 3.27. The lowest BCUT2D eigenvalue weighted by Crippen LogP contribution is -2.42. The first kappa shape index (κ1) is 22.0. The van der Waals surface area contributed by atoms with Gasteiger partial charge < -0.3 is 5.11 Å². The molecule has 160 valence electrons. The number of carbonyl (C=O) groups is 1. The zero-order valence-electron chi connectivity index (χ0n) is 16.6. The predicted octanol–water partition coefficient (Wildman–Crippen LogP) is 5.71. The summed E-state index contributed by atoms with van der Waals surface area (Å²) >= 11 is 4.89. The summed E-state index contributed by atoms with van der Waals surface area (Å²) in [5, 5.41) is 11.8. The fourth-order valence-electron chi connectivity index (χ4n) is 3.84. The van der Waals surface area contributed by atoms with Gasteiger partial charge in [0.1, 0.15) is 0 Å². The maximum Gasteiger partial charge on any atom is 0.333 e. The summed E-state index contributed by atoms with van der Waals surface area (Å²) < 4.78 is 30.0. The monoisotopic (exact) mass is 517 g/mol. The highest BCUT2D eigenvalue weighted by Gasteiger charge is 2.44. The van der Waals surface area contributed by atoms with E-state index in [0.29, 0.717) is 5.56 Å². The number of rotatable bonds is 5. The maximum absolute atomic E-state index is 13.9. The number of sulfonamides is 1. The van der Waals surface area contributed by atoms with E-state index in [4.69, 9.17) is 0 Å². The lowest BCUT2D eigenvalue weighted by atomic mass is 9.91. The van der Waals surface area contributed by atoms with Crippen molar-refractivity contribution in [1.29, 1.82) is 0 Å². The zero-order chi connectivity index (χ0) is 22.2. The van der Waals surface area contributed by atoms with Crippen molar-refractivity contribution >= 4 is 43.3 Å². The van der Waals surface area contributed by atoms with E-state index in [0.717, 1.165) is 14.9 Å². The Morgan fingerprint density at radius 2 is 1.87 bits per heavy atom. The molecule has 4 rings (SSSR count). The molecule has 2 heterocycles. The van der Waals surface area contributed by atoms with Crippen LogP contribution in [0.1, 0.15) is 34.5 Å². The Kier molecular flexibility index (Phi) is 6.16. The fraction of sp³-hybridized carbons (Fsp3) is 0.174. The van der Waals surface area contributed by atoms with Crippen LogP contribution in [0.25, 0.3) is 0 Å². The Morgan fingerprint density at radius 1 is 1.13 bits per heavy atom. The second kappa shape index (κ2) is 8.70. The van der Waals surface area contributed by atoms with E-state index < -0.39 is 28.1 Å². The minimum Gasteiger partial charge on any atom is -0.478 e. The van der Waals surface area contributed by atoms with Crippen molar-refractivity contribution in [2.75, 3.05) is 0 Å². The minimum absolute atomic E-state index is 0.0570. The van der Waals surface area contributed by atoms with Gasteiger partial charge in [-0.25, -0.2) is 13.2 Å². The van der Waals surface area contributed by atoms with Crippen molar-refractivity contribution in [2.45, 2.75) is 30.3 Å². The van der Waals surface area contributed by atoms with Gasteiger partial charge in [0.2, 0.25) is 10.0 Å². The van der Waals surface area contributed by atoms with Crippen LogP contribution in [0.15, 0.2) is 87.1 Å². The molecule has 2 atom stereocenters. The second-order valence-electron chi connectivity index (χ2n) is 7.34. The molecule has 0 fully saturated rings. The van der Waals surface area contributed by atoms with E-state index in [9.17, 15) is 18.3 Å². The number of hydrogen-bond acceptors (Lipinski definition) is 4. The summed E-state index contributed by atoms with van der Waals surface area (Å²) in [6.45, 7) is 1.89. The standard InChI is InChI=1S/C23H20BrNO4S2/c1-15-7-9-18(10-8-15)31(28,29)25-20(21-6-3-13-30-21)12-11-19(23(26)27)22(25)16-4-2-5-17(24)14-16/h2-11,13-14,20,22H,12H2,1H3,(H,26,27)/t20-,22-/m0/s1.